The Labute approximate surface area is 110 Å². The molecule has 0 aromatic heterocycles. The van der Waals surface area contributed by atoms with Crippen LogP contribution in [-0.2, 0) is 4.79 Å². The number of urea groups is 1. The molecular formula is C12H14ClN3O2. The van der Waals surface area contributed by atoms with E-state index in [1.165, 1.54) is 4.90 Å². The van der Waals surface area contributed by atoms with Crippen molar-refractivity contribution in [1.29, 1.82) is 0 Å². The van der Waals surface area contributed by atoms with Crippen molar-refractivity contribution in [3.63, 3.8) is 0 Å². The van der Waals surface area contributed by atoms with Crippen LogP contribution in [0.2, 0.25) is 5.02 Å². The predicted octanol–water partition coefficient (Wildman–Crippen LogP) is 1.69. The first kappa shape index (κ1) is 12.7. The zero-order chi connectivity index (χ0) is 13.1. The summed E-state index contributed by atoms with van der Waals surface area (Å²) in [5.74, 6) is -0.132. The van der Waals surface area contributed by atoms with Crippen LogP contribution < -0.4 is 10.6 Å². The quantitative estimate of drug-likeness (QED) is 0.813. The van der Waals surface area contributed by atoms with Crippen LogP contribution in [0.25, 0.3) is 0 Å². The van der Waals surface area contributed by atoms with E-state index in [1.54, 1.807) is 31.2 Å². The van der Waals surface area contributed by atoms with Gasteiger partial charge in [0.2, 0.25) is 5.91 Å². The number of nitrogens with one attached hydrogen (secondary N) is 2. The van der Waals surface area contributed by atoms with Crippen molar-refractivity contribution in [3.8, 4) is 0 Å². The van der Waals surface area contributed by atoms with Crippen molar-refractivity contribution in [2.75, 3.05) is 18.4 Å². The minimum Gasteiger partial charge on any atom is -0.353 e. The number of hydrogen-bond donors (Lipinski definition) is 2. The molecule has 3 amide bonds. The van der Waals surface area contributed by atoms with Gasteiger partial charge in [-0.1, -0.05) is 11.6 Å². The molecule has 6 heteroatoms. The fourth-order valence-electron chi connectivity index (χ4n) is 1.79. The van der Waals surface area contributed by atoms with Crippen LogP contribution in [0.1, 0.15) is 6.92 Å². The molecule has 1 aliphatic heterocycles. The normalized spacial score (nSPS) is 19.3. The van der Waals surface area contributed by atoms with Gasteiger partial charge in [-0.25, -0.2) is 4.79 Å². The molecule has 0 radical (unpaired) electrons. The van der Waals surface area contributed by atoms with E-state index in [2.05, 4.69) is 10.6 Å². The third kappa shape index (κ3) is 2.73. The molecule has 1 saturated heterocycles. The van der Waals surface area contributed by atoms with E-state index in [-0.39, 0.29) is 11.9 Å². The molecule has 96 valence electrons. The fraction of sp³-hybridized carbons (Fsp3) is 0.333. The number of piperazine rings is 1. The lowest BCUT2D eigenvalue weighted by atomic mass is 10.2. The third-order valence-electron chi connectivity index (χ3n) is 2.86. The summed E-state index contributed by atoms with van der Waals surface area (Å²) in [5.41, 5.74) is 0.655. The largest absolute Gasteiger partial charge is 0.353 e. The van der Waals surface area contributed by atoms with E-state index < -0.39 is 6.04 Å². The maximum absolute atomic E-state index is 12.0. The monoisotopic (exact) mass is 267 g/mol. The van der Waals surface area contributed by atoms with Crippen molar-refractivity contribution in [2.24, 2.45) is 0 Å². The molecule has 0 spiro atoms. The number of benzene rings is 1. The fourth-order valence-corrected chi connectivity index (χ4v) is 1.91. The average molecular weight is 268 g/mol. The molecule has 1 fully saturated rings. The van der Waals surface area contributed by atoms with Gasteiger partial charge in [-0.15, -0.1) is 0 Å². The molecule has 2 rings (SSSR count). The van der Waals surface area contributed by atoms with Gasteiger partial charge >= 0.3 is 6.03 Å². The minimum atomic E-state index is -0.453. The van der Waals surface area contributed by atoms with Gasteiger partial charge in [-0.05, 0) is 31.2 Å². The molecule has 1 unspecified atom stereocenters. The van der Waals surface area contributed by atoms with Crippen LogP contribution >= 0.6 is 11.6 Å². The number of carbonyl (C=O) groups is 2. The molecule has 1 aromatic rings. The van der Waals surface area contributed by atoms with Crippen molar-refractivity contribution in [1.82, 2.24) is 10.2 Å². The molecule has 1 aromatic carbocycles. The summed E-state index contributed by atoms with van der Waals surface area (Å²) in [6, 6.07) is 6.10. The highest BCUT2D eigenvalue weighted by molar-refractivity contribution is 6.30. The highest BCUT2D eigenvalue weighted by Gasteiger charge is 2.29. The third-order valence-corrected chi connectivity index (χ3v) is 3.11. The summed E-state index contributed by atoms with van der Waals surface area (Å²) >= 11 is 5.76. The van der Waals surface area contributed by atoms with E-state index in [0.29, 0.717) is 23.8 Å². The van der Waals surface area contributed by atoms with Gasteiger partial charge in [-0.2, -0.15) is 0 Å². The maximum Gasteiger partial charge on any atom is 0.322 e. The summed E-state index contributed by atoms with van der Waals surface area (Å²) in [6.45, 7) is 2.69. The van der Waals surface area contributed by atoms with Gasteiger partial charge in [-0.3, -0.25) is 4.79 Å². The molecule has 18 heavy (non-hydrogen) atoms. The van der Waals surface area contributed by atoms with Gasteiger partial charge in [0.05, 0.1) is 0 Å². The lowest BCUT2D eigenvalue weighted by Gasteiger charge is -2.32. The van der Waals surface area contributed by atoms with Gasteiger partial charge in [0.1, 0.15) is 6.04 Å². The first-order valence-electron chi connectivity index (χ1n) is 5.69. The summed E-state index contributed by atoms with van der Waals surface area (Å²) in [6.07, 6.45) is 0. The van der Waals surface area contributed by atoms with Crippen LogP contribution in [0.4, 0.5) is 10.5 Å². The molecule has 1 heterocycles. The van der Waals surface area contributed by atoms with Gasteiger partial charge in [0.15, 0.2) is 0 Å². The van der Waals surface area contributed by atoms with Gasteiger partial charge in [0, 0.05) is 23.8 Å². The Hall–Kier alpha value is -1.75. The lowest BCUT2D eigenvalue weighted by molar-refractivity contribution is -0.126. The van der Waals surface area contributed by atoms with Crippen molar-refractivity contribution >= 4 is 29.2 Å². The van der Waals surface area contributed by atoms with E-state index in [9.17, 15) is 9.59 Å². The summed E-state index contributed by atoms with van der Waals surface area (Å²) in [7, 11) is 0. The Morgan fingerprint density at radius 2 is 2.11 bits per heavy atom. The Kier molecular flexibility index (Phi) is 3.72. The first-order valence-corrected chi connectivity index (χ1v) is 6.06. The smallest absolute Gasteiger partial charge is 0.322 e. The summed E-state index contributed by atoms with van der Waals surface area (Å²) in [4.78, 5) is 25.0. The number of carbonyl (C=O) groups excluding carboxylic acids is 2. The second-order valence-corrected chi connectivity index (χ2v) is 4.53. The lowest BCUT2D eigenvalue weighted by Crippen LogP contribution is -2.56. The Balaban J connectivity index is 2.03. The second-order valence-electron chi connectivity index (χ2n) is 4.10. The van der Waals surface area contributed by atoms with Crippen molar-refractivity contribution in [3.05, 3.63) is 29.3 Å². The number of nitrogens with zero attached hydrogens (tertiary/aromatic N) is 1. The molecule has 0 bridgehead atoms. The summed E-state index contributed by atoms with van der Waals surface area (Å²) < 4.78 is 0. The molecule has 0 saturated carbocycles. The first-order chi connectivity index (χ1) is 8.58. The van der Waals surface area contributed by atoms with E-state index in [0.717, 1.165) is 0 Å². The van der Waals surface area contributed by atoms with E-state index >= 15 is 0 Å². The SMILES string of the molecule is CC1C(=O)NCCN1C(=O)Nc1ccc(Cl)cc1. The number of halogens is 1. The van der Waals surface area contributed by atoms with Crippen LogP contribution in [0.15, 0.2) is 24.3 Å². The number of hydrogen-bond acceptors (Lipinski definition) is 2. The molecule has 1 aliphatic rings. The highest BCUT2D eigenvalue weighted by atomic mass is 35.5. The van der Waals surface area contributed by atoms with E-state index in [4.69, 9.17) is 11.6 Å². The highest BCUT2D eigenvalue weighted by Crippen LogP contribution is 2.15. The Morgan fingerprint density at radius 3 is 2.78 bits per heavy atom. The topological polar surface area (TPSA) is 61.4 Å². The molecule has 1 atom stereocenters. The van der Waals surface area contributed by atoms with Crippen LogP contribution in [0.3, 0.4) is 0 Å². The minimum absolute atomic E-state index is 0.132. The molecule has 0 aliphatic carbocycles. The molecular weight excluding hydrogens is 254 g/mol. The van der Waals surface area contributed by atoms with Crippen molar-refractivity contribution < 1.29 is 9.59 Å². The van der Waals surface area contributed by atoms with Gasteiger partial charge < -0.3 is 15.5 Å². The predicted molar refractivity (Wildman–Crippen MR) is 69.6 cm³/mol. The zero-order valence-electron chi connectivity index (χ0n) is 9.94. The van der Waals surface area contributed by atoms with Crippen LogP contribution in [-0.4, -0.2) is 36.0 Å². The zero-order valence-corrected chi connectivity index (χ0v) is 10.7. The van der Waals surface area contributed by atoms with Crippen LogP contribution in [0.5, 0.6) is 0 Å². The Morgan fingerprint density at radius 1 is 1.44 bits per heavy atom. The maximum atomic E-state index is 12.0. The number of rotatable bonds is 1. The van der Waals surface area contributed by atoms with Crippen LogP contribution in [0, 0.1) is 0 Å². The van der Waals surface area contributed by atoms with Crippen molar-refractivity contribution in [2.45, 2.75) is 13.0 Å². The standard InChI is InChI=1S/C12H14ClN3O2/c1-8-11(17)14-6-7-16(8)12(18)15-10-4-2-9(13)3-5-10/h2-5,8H,6-7H2,1H3,(H,14,17)(H,15,18). The second kappa shape index (κ2) is 5.27. The number of anilines is 1. The molecule has 2 N–H and O–H groups in total. The Bertz CT molecular complexity index is 461. The summed E-state index contributed by atoms with van der Waals surface area (Å²) in [5, 5.41) is 6.06. The number of amides is 3. The average Bonchev–Trinajstić information content (AvgIpc) is 2.35. The van der Waals surface area contributed by atoms with E-state index in [1.807, 2.05) is 0 Å². The van der Waals surface area contributed by atoms with Gasteiger partial charge in [0.25, 0.3) is 0 Å². The molecule has 5 nitrogen and oxygen atoms in total.